The molecule has 0 radical (unpaired) electrons. The van der Waals surface area contributed by atoms with Crippen LogP contribution in [0.25, 0.3) is 44.0 Å². The van der Waals surface area contributed by atoms with E-state index >= 15 is 0 Å². The number of hydrogen-bond donors (Lipinski definition) is 2. The molecule has 0 amide bonds. The summed E-state index contributed by atoms with van der Waals surface area (Å²) in [5.74, 6) is 2.68. The van der Waals surface area contributed by atoms with Crippen molar-refractivity contribution in [1.82, 2.24) is 64.2 Å². The molecular weight excluding hydrogens is 755 g/mol. The number of aromatic nitrogens is 11. The summed E-state index contributed by atoms with van der Waals surface area (Å²) in [5, 5.41) is 11.0. The minimum absolute atomic E-state index is 0.105. The molecule has 2 N–H and O–H groups in total. The van der Waals surface area contributed by atoms with E-state index in [1.807, 2.05) is 67.5 Å². The molecule has 15 heteroatoms. The lowest BCUT2D eigenvalue weighted by atomic mass is 9.97. The highest BCUT2D eigenvalue weighted by Gasteiger charge is 2.34. The van der Waals surface area contributed by atoms with E-state index in [4.69, 9.17) is 9.97 Å². The van der Waals surface area contributed by atoms with Crippen molar-refractivity contribution in [2.75, 3.05) is 26.2 Å². The van der Waals surface area contributed by atoms with Gasteiger partial charge >= 0.3 is 0 Å². The lowest BCUT2D eigenvalue weighted by molar-refractivity contribution is 0.318. The van der Waals surface area contributed by atoms with Crippen LogP contribution >= 0.6 is 0 Å². The van der Waals surface area contributed by atoms with Crippen molar-refractivity contribution in [3.05, 3.63) is 123 Å². The lowest BCUT2D eigenvalue weighted by Gasteiger charge is -2.16. The van der Waals surface area contributed by atoms with Crippen molar-refractivity contribution in [2.45, 2.75) is 78.6 Å². The minimum atomic E-state index is -0.111. The van der Waals surface area contributed by atoms with Gasteiger partial charge in [-0.2, -0.15) is 10.2 Å². The van der Waals surface area contributed by atoms with Gasteiger partial charge in [0, 0.05) is 87.2 Å². The second kappa shape index (κ2) is 16.1. The third-order valence-corrected chi connectivity index (χ3v) is 12.0. The summed E-state index contributed by atoms with van der Waals surface area (Å²) in [7, 11) is 0. The summed E-state index contributed by atoms with van der Waals surface area (Å²) in [4.78, 5) is 59.1. The SMILES string of the molecule is CC(C)n1ncc2c(=O)[nH]c([C@@H]3CN(Cc4ccc5nccnc5c4)C[C@H]3C)nc21.CC(C)n1ncc2c(=O)[nH]c([C@@H]3CN(Cc4cnc5ccccc5c4)C[C@H]3C)nc21. The molecule has 8 heterocycles. The van der Waals surface area contributed by atoms with Crippen LogP contribution in [0.3, 0.4) is 0 Å². The first-order chi connectivity index (χ1) is 29.0. The fourth-order valence-electron chi connectivity index (χ4n) is 8.94. The quantitative estimate of drug-likeness (QED) is 0.175. The summed E-state index contributed by atoms with van der Waals surface area (Å²) in [6.45, 7) is 17.9. The van der Waals surface area contributed by atoms with Gasteiger partial charge < -0.3 is 9.97 Å². The normalized spacial score (nSPS) is 20.0. The molecule has 60 heavy (non-hydrogen) atoms. The fourth-order valence-corrected chi connectivity index (χ4v) is 8.94. The van der Waals surface area contributed by atoms with E-state index in [2.05, 4.69) is 83.0 Å². The predicted octanol–water partition coefficient (Wildman–Crippen LogP) is 6.36. The fraction of sp³-hybridized carbons (Fsp3) is 0.400. The van der Waals surface area contributed by atoms with Gasteiger partial charge in [0.05, 0.1) is 28.9 Å². The zero-order chi connectivity index (χ0) is 41.7. The Morgan fingerprint density at radius 1 is 0.617 bits per heavy atom. The van der Waals surface area contributed by atoms with E-state index < -0.39 is 0 Å². The molecule has 0 bridgehead atoms. The Hall–Kier alpha value is -6.19. The molecule has 2 aliphatic heterocycles. The lowest BCUT2D eigenvalue weighted by Crippen LogP contribution is -2.21. The zero-order valence-corrected chi connectivity index (χ0v) is 34.9. The van der Waals surface area contributed by atoms with Gasteiger partial charge in [0.15, 0.2) is 11.3 Å². The number of fused-ring (bicyclic) bond motifs is 4. The average Bonchev–Trinajstić information content (AvgIpc) is 4.03. The van der Waals surface area contributed by atoms with Gasteiger partial charge in [0.25, 0.3) is 11.1 Å². The third-order valence-electron chi connectivity index (χ3n) is 12.0. The third kappa shape index (κ3) is 7.70. The number of nitrogens with zero attached hydrogens (tertiary/aromatic N) is 11. The Bertz CT molecular complexity index is 2750. The van der Waals surface area contributed by atoms with Crippen LogP contribution in [0.4, 0.5) is 0 Å². The maximum atomic E-state index is 12.6. The minimum Gasteiger partial charge on any atom is -0.310 e. The van der Waals surface area contributed by atoms with Crippen LogP contribution in [0.5, 0.6) is 0 Å². The molecule has 4 atom stereocenters. The van der Waals surface area contributed by atoms with Crippen LogP contribution in [0.15, 0.2) is 89.1 Å². The maximum Gasteiger partial charge on any atom is 0.262 e. The van der Waals surface area contributed by atoms with Gasteiger partial charge in [0.2, 0.25) is 0 Å². The molecule has 15 nitrogen and oxygen atoms in total. The van der Waals surface area contributed by atoms with E-state index in [1.165, 1.54) is 11.1 Å². The maximum absolute atomic E-state index is 12.6. The molecule has 2 fully saturated rings. The molecule has 2 saturated heterocycles. The number of nitrogens with one attached hydrogen (secondary N) is 2. The number of hydrogen-bond acceptors (Lipinski definition) is 11. The molecule has 2 aromatic carbocycles. The standard InChI is InChI=1S/C23H26N6O.C22H25N7O/c1-14(2)29-22-18(10-25-29)23(30)27-21(26-22)19-13-28(11-15(19)3)12-16-8-17-6-4-5-7-20(17)24-9-16;1-13(2)29-21-16(9-25-29)22(30)27-20(26-21)17-12-28(10-14(17)3)11-15-4-5-18-19(8-15)24-7-6-23-18/h4-10,14-15,19H,11-13H2,1-3H3,(H,26,27,30);4-9,13-14,17H,10-12H2,1-3H3,(H,26,27,30)/t15-,19-;14-,17-/m11/s1. The number of para-hydroxylation sites is 1. The summed E-state index contributed by atoms with van der Waals surface area (Å²) >= 11 is 0. The Balaban J connectivity index is 0.000000154. The zero-order valence-electron chi connectivity index (χ0n) is 34.9. The van der Waals surface area contributed by atoms with Crippen LogP contribution < -0.4 is 11.1 Å². The Kier molecular flexibility index (Phi) is 10.5. The first kappa shape index (κ1) is 39.3. The highest BCUT2D eigenvalue weighted by molar-refractivity contribution is 5.79. The molecule has 0 unspecified atom stereocenters. The van der Waals surface area contributed by atoms with Crippen molar-refractivity contribution in [2.24, 2.45) is 11.8 Å². The molecule has 6 aromatic heterocycles. The van der Waals surface area contributed by atoms with Gasteiger partial charge in [0.1, 0.15) is 22.4 Å². The van der Waals surface area contributed by atoms with Crippen molar-refractivity contribution in [1.29, 1.82) is 0 Å². The molecule has 0 aliphatic carbocycles. The van der Waals surface area contributed by atoms with Gasteiger partial charge in [-0.1, -0.05) is 38.1 Å². The van der Waals surface area contributed by atoms with Crippen LogP contribution in [-0.4, -0.2) is 90.4 Å². The van der Waals surface area contributed by atoms with Gasteiger partial charge in [-0.25, -0.2) is 19.3 Å². The topological polar surface area (TPSA) is 172 Å². The van der Waals surface area contributed by atoms with Gasteiger partial charge in [-0.05, 0) is 74.9 Å². The molecule has 0 spiro atoms. The molecular formula is C45H51N13O2. The number of pyridine rings is 1. The van der Waals surface area contributed by atoms with E-state index in [0.29, 0.717) is 33.9 Å². The number of H-pyrrole nitrogens is 2. The summed E-state index contributed by atoms with van der Waals surface area (Å²) < 4.78 is 3.65. The highest BCUT2D eigenvalue weighted by Crippen LogP contribution is 2.33. The Morgan fingerprint density at radius 3 is 1.75 bits per heavy atom. The summed E-state index contributed by atoms with van der Waals surface area (Å²) in [5.41, 5.74) is 6.39. The van der Waals surface area contributed by atoms with Crippen LogP contribution in [0.2, 0.25) is 0 Å². The van der Waals surface area contributed by atoms with E-state index in [9.17, 15) is 9.59 Å². The smallest absolute Gasteiger partial charge is 0.262 e. The molecule has 0 saturated carbocycles. The largest absolute Gasteiger partial charge is 0.310 e. The molecule has 8 aromatic rings. The van der Waals surface area contributed by atoms with Crippen LogP contribution in [0, 0.1) is 11.8 Å². The number of rotatable bonds is 8. The first-order valence-corrected chi connectivity index (χ1v) is 20.9. The van der Waals surface area contributed by atoms with Crippen LogP contribution in [-0.2, 0) is 13.1 Å². The van der Waals surface area contributed by atoms with Gasteiger partial charge in [-0.3, -0.25) is 34.3 Å². The summed E-state index contributed by atoms with van der Waals surface area (Å²) in [6, 6.07) is 17.0. The predicted molar refractivity (Wildman–Crippen MR) is 233 cm³/mol. The van der Waals surface area contributed by atoms with E-state index in [-0.39, 0.29) is 35.0 Å². The number of benzene rings is 2. The van der Waals surface area contributed by atoms with Crippen molar-refractivity contribution in [3.8, 4) is 0 Å². The summed E-state index contributed by atoms with van der Waals surface area (Å²) in [6.07, 6.45) is 8.62. The second-order valence-corrected chi connectivity index (χ2v) is 17.2. The molecule has 308 valence electrons. The molecule has 10 rings (SSSR count). The first-order valence-electron chi connectivity index (χ1n) is 20.9. The number of aromatic amines is 2. The Labute approximate surface area is 346 Å². The Morgan fingerprint density at radius 2 is 1.17 bits per heavy atom. The average molecular weight is 806 g/mol. The van der Waals surface area contributed by atoms with E-state index in [1.54, 1.807) is 24.8 Å². The van der Waals surface area contributed by atoms with Crippen molar-refractivity contribution >= 4 is 44.0 Å². The van der Waals surface area contributed by atoms with E-state index in [0.717, 1.165) is 72.9 Å². The highest BCUT2D eigenvalue weighted by atomic mass is 16.1. The van der Waals surface area contributed by atoms with Crippen LogP contribution in [0.1, 0.15) is 88.2 Å². The number of likely N-dealkylation sites (tertiary alicyclic amines) is 2. The van der Waals surface area contributed by atoms with Crippen molar-refractivity contribution in [3.63, 3.8) is 0 Å². The van der Waals surface area contributed by atoms with Gasteiger partial charge in [-0.15, -0.1) is 0 Å². The monoisotopic (exact) mass is 805 g/mol. The van der Waals surface area contributed by atoms with Crippen molar-refractivity contribution < 1.29 is 0 Å². The second-order valence-electron chi connectivity index (χ2n) is 17.2. The molecule has 2 aliphatic rings.